The third-order valence-corrected chi connectivity index (χ3v) is 3.90. The summed E-state index contributed by atoms with van der Waals surface area (Å²) in [5.74, 6) is 1.26. The first-order chi connectivity index (χ1) is 9.12. The van der Waals surface area contributed by atoms with Gasteiger partial charge in [-0.25, -0.2) is 4.98 Å². The van der Waals surface area contributed by atoms with Crippen molar-refractivity contribution in [3.63, 3.8) is 0 Å². The number of fused-ring (bicyclic) bond motifs is 1. The molecule has 0 bridgehead atoms. The van der Waals surface area contributed by atoms with Crippen molar-refractivity contribution in [2.45, 2.75) is 53.0 Å². The SMILES string of the molecule is CCCc1nn(C)c2c1nc(N)n2CC(CC)CC. The van der Waals surface area contributed by atoms with Gasteiger partial charge in [0, 0.05) is 13.6 Å². The predicted octanol–water partition coefficient (Wildman–Crippen LogP) is 2.74. The van der Waals surface area contributed by atoms with E-state index < -0.39 is 0 Å². The molecule has 0 radical (unpaired) electrons. The first-order valence-electron chi connectivity index (χ1n) is 7.29. The molecule has 19 heavy (non-hydrogen) atoms. The summed E-state index contributed by atoms with van der Waals surface area (Å²) in [6, 6.07) is 0. The van der Waals surface area contributed by atoms with Gasteiger partial charge in [0.1, 0.15) is 5.52 Å². The number of hydrogen-bond acceptors (Lipinski definition) is 3. The fraction of sp³-hybridized carbons (Fsp3) is 0.714. The maximum absolute atomic E-state index is 6.10. The molecule has 5 nitrogen and oxygen atoms in total. The van der Waals surface area contributed by atoms with Crippen molar-refractivity contribution in [3.05, 3.63) is 5.69 Å². The van der Waals surface area contributed by atoms with Gasteiger partial charge in [0.15, 0.2) is 5.65 Å². The van der Waals surface area contributed by atoms with Gasteiger partial charge in [-0.1, -0.05) is 40.0 Å². The van der Waals surface area contributed by atoms with Gasteiger partial charge in [0.2, 0.25) is 5.95 Å². The van der Waals surface area contributed by atoms with Gasteiger partial charge in [-0.15, -0.1) is 0 Å². The maximum atomic E-state index is 6.10. The third kappa shape index (κ3) is 2.46. The van der Waals surface area contributed by atoms with Crippen molar-refractivity contribution in [1.29, 1.82) is 0 Å². The van der Waals surface area contributed by atoms with E-state index in [9.17, 15) is 0 Å². The van der Waals surface area contributed by atoms with Crippen molar-refractivity contribution in [2.24, 2.45) is 13.0 Å². The lowest BCUT2D eigenvalue weighted by molar-refractivity contribution is 0.423. The highest BCUT2D eigenvalue weighted by Crippen LogP contribution is 2.24. The second-order valence-electron chi connectivity index (χ2n) is 5.26. The van der Waals surface area contributed by atoms with E-state index in [1.807, 2.05) is 11.7 Å². The number of anilines is 1. The zero-order chi connectivity index (χ0) is 14.0. The third-order valence-electron chi connectivity index (χ3n) is 3.90. The fourth-order valence-electron chi connectivity index (χ4n) is 2.65. The molecule has 2 aromatic rings. The summed E-state index contributed by atoms with van der Waals surface area (Å²) in [6.07, 6.45) is 4.36. The van der Waals surface area contributed by atoms with E-state index in [4.69, 9.17) is 5.73 Å². The number of hydrogen-bond donors (Lipinski definition) is 1. The summed E-state index contributed by atoms with van der Waals surface area (Å²) in [5, 5.41) is 4.58. The lowest BCUT2D eigenvalue weighted by Gasteiger charge is -2.14. The van der Waals surface area contributed by atoms with E-state index in [0.29, 0.717) is 11.9 Å². The Labute approximate surface area is 114 Å². The van der Waals surface area contributed by atoms with Crippen molar-refractivity contribution in [1.82, 2.24) is 19.3 Å². The van der Waals surface area contributed by atoms with Crippen LogP contribution in [0.25, 0.3) is 11.2 Å². The minimum Gasteiger partial charge on any atom is -0.369 e. The highest BCUT2D eigenvalue weighted by atomic mass is 15.3. The minimum atomic E-state index is 0.618. The molecule has 106 valence electrons. The smallest absolute Gasteiger partial charge is 0.202 e. The molecular weight excluding hydrogens is 238 g/mol. The Kier molecular flexibility index (Phi) is 4.12. The van der Waals surface area contributed by atoms with E-state index in [1.54, 1.807) is 0 Å². The summed E-state index contributed by atoms with van der Waals surface area (Å²) >= 11 is 0. The number of imidazole rings is 1. The van der Waals surface area contributed by atoms with Crippen LogP contribution in [0, 0.1) is 5.92 Å². The molecule has 0 saturated carbocycles. The average molecular weight is 263 g/mol. The molecule has 2 N–H and O–H groups in total. The molecule has 2 heterocycles. The molecule has 0 amide bonds. The molecule has 0 saturated heterocycles. The Morgan fingerprint density at radius 3 is 2.47 bits per heavy atom. The van der Waals surface area contributed by atoms with Crippen LogP contribution < -0.4 is 5.73 Å². The summed E-state index contributed by atoms with van der Waals surface area (Å²) in [7, 11) is 1.98. The quantitative estimate of drug-likeness (QED) is 0.871. The van der Waals surface area contributed by atoms with Gasteiger partial charge in [-0.2, -0.15) is 5.10 Å². The summed E-state index contributed by atoms with van der Waals surface area (Å²) in [5.41, 5.74) is 9.21. The average Bonchev–Trinajstić information content (AvgIpc) is 2.86. The first kappa shape index (κ1) is 13.9. The van der Waals surface area contributed by atoms with Crippen LogP contribution in [0.5, 0.6) is 0 Å². The van der Waals surface area contributed by atoms with E-state index in [2.05, 4.69) is 35.4 Å². The molecule has 0 atom stereocenters. The predicted molar refractivity (Wildman–Crippen MR) is 79.0 cm³/mol. The molecule has 0 unspecified atom stereocenters. The molecule has 2 rings (SSSR count). The van der Waals surface area contributed by atoms with E-state index in [-0.39, 0.29) is 0 Å². The van der Waals surface area contributed by atoms with Crippen LogP contribution in [0.1, 0.15) is 45.7 Å². The largest absolute Gasteiger partial charge is 0.369 e. The molecule has 0 aliphatic carbocycles. The van der Waals surface area contributed by atoms with Crippen LogP contribution in [0.2, 0.25) is 0 Å². The number of nitrogen functional groups attached to an aromatic ring is 1. The molecule has 0 fully saturated rings. The number of rotatable bonds is 6. The van der Waals surface area contributed by atoms with Crippen molar-refractivity contribution >= 4 is 17.1 Å². The van der Waals surface area contributed by atoms with Crippen LogP contribution in [-0.2, 0) is 20.0 Å². The topological polar surface area (TPSA) is 61.7 Å². The van der Waals surface area contributed by atoms with Gasteiger partial charge in [-0.3, -0.25) is 9.25 Å². The second kappa shape index (κ2) is 5.63. The summed E-state index contributed by atoms with van der Waals surface area (Å²) < 4.78 is 4.05. The van der Waals surface area contributed by atoms with Crippen molar-refractivity contribution in [2.75, 3.05) is 5.73 Å². The minimum absolute atomic E-state index is 0.618. The molecular formula is C14H25N5. The first-order valence-corrected chi connectivity index (χ1v) is 7.29. The molecule has 2 aromatic heterocycles. The zero-order valence-electron chi connectivity index (χ0n) is 12.5. The van der Waals surface area contributed by atoms with Gasteiger partial charge in [0.25, 0.3) is 0 Å². The molecule has 0 spiro atoms. The van der Waals surface area contributed by atoms with Gasteiger partial charge in [-0.05, 0) is 12.3 Å². The number of aromatic nitrogens is 4. The lowest BCUT2D eigenvalue weighted by Crippen LogP contribution is -2.13. The van der Waals surface area contributed by atoms with Crippen LogP contribution in [0.4, 0.5) is 5.95 Å². The van der Waals surface area contributed by atoms with Crippen LogP contribution in [-0.4, -0.2) is 19.3 Å². The molecule has 5 heteroatoms. The van der Waals surface area contributed by atoms with E-state index in [0.717, 1.165) is 49.1 Å². The van der Waals surface area contributed by atoms with E-state index >= 15 is 0 Å². The Morgan fingerprint density at radius 2 is 1.89 bits per heavy atom. The van der Waals surface area contributed by atoms with Crippen LogP contribution >= 0.6 is 0 Å². The standard InChI is InChI=1S/C14H25N5/c1-5-8-11-12-13(18(4)17-11)19(14(15)16-12)9-10(6-2)7-3/h10H,5-9H2,1-4H3,(H2,15,16). The van der Waals surface area contributed by atoms with Gasteiger partial charge in [0.05, 0.1) is 5.69 Å². The van der Waals surface area contributed by atoms with Crippen molar-refractivity contribution in [3.8, 4) is 0 Å². The number of nitrogens with two attached hydrogens (primary N) is 1. The monoisotopic (exact) mass is 263 g/mol. The Hall–Kier alpha value is -1.52. The Morgan fingerprint density at radius 1 is 1.21 bits per heavy atom. The Balaban J connectivity index is 2.46. The molecule has 0 aliphatic heterocycles. The zero-order valence-corrected chi connectivity index (χ0v) is 12.5. The second-order valence-corrected chi connectivity index (χ2v) is 5.26. The highest BCUT2D eigenvalue weighted by molar-refractivity contribution is 5.77. The van der Waals surface area contributed by atoms with Crippen LogP contribution in [0.15, 0.2) is 0 Å². The molecule has 0 aliphatic rings. The van der Waals surface area contributed by atoms with Gasteiger partial charge < -0.3 is 5.73 Å². The lowest BCUT2D eigenvalue weighted by atomic mass is 10.0. The Bertz CT molecular complexity index is 548. The van der Waals surface area contributed by atoms with E-state index in [1.165, 1.54) is 0 Å². The summed E-state index contributed by atoms with van der Waals surface area (Å²) in [4.78, 5) is 4.53. The highest BCUT2D eigenvalue weighted by Gasteiger charge is 2.18. The number of aryl methyl sites for hydroxylation is 2. The normalized spacial score (nSPS) is 11.8. The summed E-state index contributed by atoms with van der Waals surface area (Å²) in [6.45, 7) is 7.54. The maximum Gasteiger partial charge on any atom is 0.202 e. The molecule has 0 aromatic carbocycles. The fourth-order valence-corrected chi connectivity index (χ4v) is 2.65. The number of nitrogens with zero attached hydrogens (tertiary/aromatic N) is 4. The van der Waals surface area contributed by atoms with Crippen molar-refractivity contribution < 1.29 is 0 Å². The van der Waals surface area contributed by atoms with Gasteiger partial charge >= 0.3 is 0 Å². The van der Waals surface area contributed by atoms with Crippen LogP contribution in [0.3, 0.4) is 0 Å².